The van der Waals surface area contributed by atoms with E-state index < -0.39 is 5.54 Å². The van der Waals surface area contributed by atoms with Gasteiger partial charge in [0.2, 0.25) is 5.91 Å². The zero-order valence-corrected chi connectivity index (χ0v) is 12.1. The van der Waals surface area contributed by atoms with E-state index in [1.807, 2.05) is 36.6 Å². The molecule has 4 nitrogen and oxygen atoms in total. The van der Waals surface area contributed by atoms with E-state index in [0.717, 1.165) is 29.1 Å². The van der Waals surface area contributed by atoms with Gasteiger partial charge in [-0.15, -0.1) is 11.3 Å². The first-order valence-electron chi connectivity index (χ1n) is 6.67. The molecule has 3 N–H and O–H groups in total. The zero-order chi connectivity index (χ0) is 14.2. The number of rotatable bonds is 4. The molecule has 0 saturated heterocycles. The molecule has 1 fully saturated rings. The lowest BCUT2D eigenvalue weighted by Crippen LogP contribution is -2.50. The van der Waals surface area contributed by atoms with Crippen LogP contribution < -0.4 is 11.1 Å². The summed E-state index contributed by atoms with van der Waals surface area (Å²) in [7, 11) is 0. The number of carbonyl (C=O) groups excluding carboxylic acids is 1. The Labute approximate surface area is 122 Å². The largest absolute Gasteiger partial charge is 0.324 e. The van der Waals surface area contributed by atoms with Crippen LogP contribution in [0.25, 0.3) is 10.6 Å². The molecule has 5 heteroatoms. The van der Waals surface area contributed by atoms with Crippen LogP contribution in [0.3, 0.4) is 0 Å². The maximum Gasteiger partial charge on any atom is 0.244 e. The maximum atomic E-state index is 12.2. The van der Waals surface area contributed by atoms with Gasteiger partial charge in [-0.3, -0.25) is 4.79 Å². The van der Waals surface area contributed by atoms with Gasteiger partial charge in [-0.1, -0.05) is 0 Å². The van der Waals surface area contributed by atoms with Gasteiger partial charge in [0.1, 0.15) is 5.01 Å². The summed E-state index contributed by atoms with van der Waals surface area (Å²) in [5, 5.41) is 5.82. The van der Waals surface area contributed by atoms with Gasteiger partial charge in [0.25, 0.3) is 0 Å². The number of aromatic nitrogens is 1. The van der Waals surface area contributed by atoms with Crippen molar-refractivity contribution in [2.75, 3.05) is 5.32 Å². The van der Waals surface area contributed by atoms with E-state index >= 15 is 0 Å². The second kappa shape index (κ2) is 5.00. The third-order valence-corrected chi connectivity index (χ3v) is 4.56. The van der Waals surface area contributed by atoms with E-state index in [1.54, 1.807) is 17.5 Å². The van der Waals surface area contributed by atoms with Crippen LogP contribution >= 0.6 is 11.3 Å². The number of amides is 1. The number of hydrogen-bond acceptors (Lipinski definition) is 4. The highest BCUT2D eigenvalue weighted by Crippen LogP contribution is 2.38. The lowest BCUT2D eigenvalue weighted by Gasteiger charge is -2.23. The van der Waals surface area contributed by atoms with Crippen LogP contribution in [0, 0.1) is 5.92 Å². The predicted octanol–water partition coefficient (Wildman–Crippen LogP) is 2.88. The molecule has 3 rings (SSSR count). The fraction of sp³-hybridized carbons (Fsp3) is 0.333. The van der Waals surface area contributed by atoms with E-state index in [0.29, 0.717) is 5.92 Å². The smallest absolute Gasteiger partial charge is 0.244 e. The van der Waals surface area contributed by atoms with Gasteiger partial charge >= 0.3 is 0 Å². The molecule has 1 aliphatic rings. The van der Waals surface area contributed by atoms with Crippen LogP contribution in [-0.4, -0.2) is 16.4 Å². The molecule has 1 atom stereocenters. The lowest BCUT2D eigenvalue weighted by atomic mass is 9.96. The quantitative estimate of drug-likeness (QED) is 0.908. The van der Waals surface area contributed by atoms with Crippen LogP contribution in [0.1, 0.15) is 19.8 Å². The molecule has 104 valence electrons. The van der Waals surface area contributed by atoms with Gasteiger partial charge in [-0.25, -0.2) is 4.98 Å². The van der Waals surface area contributed by atoms with E-state index in [-0.39, 0.29) is 5.91 Å². The van der Waals surface area contributed by atoms with Gasteiger partial charge in [0, 0.05) is 22.8 Å². The van der Waals surface area contributed by atoms with E-state index in [2.05, 4.69) is 10.3 Å². The molecule has 1 saturated carbocycles. The normalized spacial score (nSPS) is 17.5. The monoisotopic (exact) mass is 287 g/mol. The van der Waals surface area contributed by atoms with E-state index in [4.69, 9.17) is 5.73 Å². The Morgan fingerprint density at radius 2 is 2.10 bits per heavy atom. The topological polar surface area (TPSA) is 68.0 Å². The summed E-state index contributed by atoms with van der Waals surface area (Å²) in [6.07, 6.45) is 3.87. The SMILES string of the molecule is CC(N)(C(=O)Nc1ccc(-c2nccs2)cc1)C1CC1. The first-order valence-corrected chi connectivity index (χ1v) is 7.55. The zero-order valence-electron chi connectivity index (χ0n) is 11.3. The first-order chi connectivity index (χ1) is 9.57. The van der Waals surface area contributed by atoms with Gasteiger partial charge in [0.05, 0.1) is 5.54 Å². The fourth-order valence-corrected chi connectivity index (χ4v) is 2.84. The molecule has 2 aromatic rings. The van der Waals surface area contributed by atoms with E-state index in [9.17, 15) is 4.79 Å². The van der Waals surface area contributed by atoms with Crippen LogP contribution in [-0.2, 0) is 4.79 Å². The number of carbonyl (C=O) groups is 1. The third-order valence-electron chi connectivity index (χ3n) is 3.74. The van der Waals surface area contributed by atoms with Crippen LogP contribution in [0.4, 0.5) is 5.69 Å². The average Bonchev–Trinajstić information content (AvgIpc) is 3.17. The summed E-state index contributed by atoms with van der Waals surface area (Å²) in [4.78, 5) is 16.4. The Balaban J connectivity index is 1.71. The standard InChI is InChI=1S/C15H17N3OS/c1-15(16,11-4-5-11)14(19)18-12-6-2-10(3-7-12)13-17-8-9-20-13/h2-3,6-9,11H,4-5,16H2,1H3,(H,18,19). The first kappa shape index (κ1) is 13.3. The van der Waals surface area contributed by atoms with Crippen molar-refractivity contribution >= 4 is 22.9 Å². The van der Waals surface area contributed by atoms with Crippen LogP contribution in [0.2, 0.25) is 0 Å². The lowest BCUT2D eigenvalue weighted by molar-refractivity contribution is -0.121. The molecule has 1 aliphatic carbocycles. The molecule has 0 bridgehead atoms. The summed E-state index contributed by atoms with van der Waals surface area (Å²) in [6, 6.07) is 7.69. The second-order valence-corrected chi connectivity index (χ2v) is 6.32. The molecule has 0 aliphatic heterocycles. The van der Waals surface area contributed by atoms with Crippen molar-refractivity contribution in [3.05, 3.63) is 35.8 Å². The maximum absolute atomic E-state index is 12.2. The van der Waals surface area contributed by atoms with Crippen LogP contribution in [0.5, 0.6) is 0 Å². The number of hydrogen-bond donors (Lipinski definition) is 2. The third kappa shape index (κ3) is 2.59. The minimum atomic E-state index is -0.770. The molecule has 0 spiro atoms. The average molecular weight is 287 g/mol. The Kier molecular flexibility index (Phi) is 3.31. The molecule has 1 aromatic heterocycles. The Hall–Kier alpha value is -1.72. The van der Waals surface area contributed by atoms with E-state index in [1.165, 1.54) is 0 Å². The molecule has 20 heavy (non-hydrogen) atoms. The fourth-order valence-electron chi connectivity index (χ4n) is 2.20. The molecular weight excluding hydrogens is 270 g/mol. The van der Waals surface area contributed by atoms with Crippen molar-refractivity contribution < 1.29 is 4.79 Å². The Morgan fingerprint density at radius 3 is 2.65 bits per heavy atom. The second-order valence-electron chi connectivity index (χ2n) is 5.43. The van der Waals surface area contributed by atoms with Crippen molar-refractivity contribution in [1.82, 2.24) is 4.98 Å². The van der Waals surface area contributed by atoms with Crippen molar-refractivity contribution in [2.45, 2.75) is 25.3 Å². The summed E-state index contributed by atoms with van der Waals surface area (Å²) in [5.41, 5.74) is 7.15. The number of thiazole rings is 1. The van der Waals surface area contributed by atoms with Gasteiger partial charge < -0.3 is 11.1 Å². The number of nitrogens with two attached hydrogens (primary N) is 1. The summed E-state index contributed by atoms with van der Waals surface area (Å²) in [5.74, 6) is 0.207. The van der Waals surface area contributed by atoms with Crippen LogP contribution in [0.15, 0.2) is 35.8 Å². The Bertz CT molecular complexity index is 601. The molecule has 1 amide bonds. The summed E-state index contributed by atoms with van der Waals surface area (Å²) < 4.78 is 0. The van der Waals surface area contributed by atoms with Crippen molar-refractivity contribution in [2.24, 2.45) is 11.7 Å². The minimum Gasteiger partial charge on any atom is -0.324 e. The van der Waals surface area contributed by atoms with Crippen molar-refractivity contribution in [3.63, 3.8) is 0 Å². The highest BCUT2D eigenvalue weighted by Gasteiger charge is 2.44. The number of benzene rings is 1. The minimum absolute atomic E-state index is 0.109. The number of nitrogens with one attached hydrogen (secondary N) is 1. The van der Waals surface area contributed by atoms with Crippen molar-refractivity contribution in [3.8, 4) is 10.6 Å². The van der Waals surface area contributed by atoms with Gasteiger partial charge in [0.15, 0.2) is 0 Å². The molecule has 1 heterocycles. The number of anilines is 1. The van der Waals surface area contributed by atoms with Gasteiger partial charge in [-0.05, 0) is 49.9 Å². The molecule has 1 unspecified atom stereocenters. The highest BCUT2D eigenvalue weighted by molar-refractivity contribution is 7.13. The van der Waals surface area contributed by atoms with Crippen molar-refractivity contribution in [1.29, 1.82) is 0 Å². The Morgan fingerprint density at radius 1 is 1.40 bits per heavy atom. The highest BCUT2D eigenvalue weighted by atomic mass is 32.1. The molecule has 1 aromatic carbocycles. The predicted molar refractivity (Wildman–Crippen MR) is 81.5 cm³/mol. The molecular formula is C15H17N3OS. The summed E-state index contributed by atoms with van der Waals surface area (Å²) in [6.45, 7) is 1.81. The number of nitrogens with zero attached hydrogens (tertiary/aromatic N) is 1. The summed E-state index contributed by atoms with van der Waals surface area (Å²) >= 11 is 1.59. The molecule has 0 radical (unpaired) electrons. The van der Waals surface area contributed by atoms with Gasteiger partial charge in [-0.2, -0.15) is 0 Å².